The van der Waals surface area contributed by atoms with Gasteiger partial charge < -0.3 is 15.0 Å². The van der Waals surface area contributed by atoms with Crippen LogP contribution in [0, 0.1) is 11.3 Å². The molecule has 1 unspecified atom stereocenters. The Morgan fingerprint density at radius 1 is 1.39 bits per heavy atom. The van der Waals surface area contributed by atoms with Crippen LogP contribution in [-0.2, 0) is 4.74 Å². The van der Waals surface area contributed by atoms with Crippen molar-refractivity contribution in [1.29, 1.82) is 5.26 Å². The normalized spacial score (nSPS) is 19.6. The largest absolute Gasteiger partial charge is 0.378 e. The molecule has 1 N–H and O–H groups in total. The highest BCUT2D eigenvalue weighted by molar-refractivity contribution is 4.90. The van der Waals surface area contributed by atoms with Crippen LogP contribution in [-0.4, -0.2) is 49.8 Å². The lowest BCUT2D eigenvalue weighted by Crippen LogP contribution is -2.40. The van der Waals surface area contributed by atoms with E-state index in [2.05, 4.69) is 30.1 Å². The lowest BCUT2D eigenvalue weighted by Gasteiger charge is -2.32. The minimum absolute atomic E-state index is 0.00886. The van der Waals surface area contributed by atoms with Crippen LogP contribution in [0.5, 0.6) is 0 Å². The maximum atomic E-state index is 9.04. The van der Waals surface area contributed by atoms with E-state index in [4.69, 9.17) is 10.00 Å². The number of likely N-dealkylation sites (tertiary alicyclic amines) is 1. The summed E-state index contributed by atoms with van der Waals surface area (Å²) in [7, 11) is 0. The highest BCUT2D eigenvalue weighted by Gasteiger charge is 2.19. The Hall–Kier alpha value is -0.630. The van der Waals surface area contributed by atoms with Crippen LogP contribution in [0.25, 0.3) is 0 Å². The summed E-state index contributed by atoms with van der Waals surface area (Å²) >= 11 is 0. The Kier molecular flexibility index (Phi) is 7.99. The van der Waals surface area contributed by atoms with Crippen molar-refractivity contribution in [2.45, 2.75) is 51.7 Å². The molecule has 104 valence electrons. The van der Waals surface area contributed by atoms with Gasteiger partial charge in [-0.3, -0.25) is 0 Å². The maximum Gasteiger partial charge on any atom is 0.0965 e. The predicted octanol–water partition coefficient (Wildman–Crippen LogP) is 1.77. The standard InChI is InChI=1S/C14H27N3O/c1-3-8-16-13(12-15)5-9-17-10-6-14(7-11-17)18-4-2/h13-14,16H,3-11H2,1-2H3. The molecule has 1 atom stereocenters. The van der Waals surface area contributed by atoms with E-state index in [1.165, 1.54) is 0 Å². The van der Waals surface area contributed by atoms with Crippen LogP contribution in [0.2, 0.25) is 0 Å². The molecule has 18 heavy (non-hydrogen) atoms. The molecule has 0 aromatic heterocycles. The number of hydrogen-bond donors (Lipinski definition) is 1. The average Bonchev–Trinajstić information content (AvgIpc) is 2.41. The topological polar surface area (TPSA) is 48.3 Å². The first kappa shape index (κ1) is 15.4. The summed E-state index contributed by atoms with van der Waals surface area (Å²) in [6, 6.07) is 2.35. The number of rotatable bonds is 8. The van der Waals surface area contributed by atoms with Gasteiger partial charge in [0.1, 0.15) is 0 Å². The van der Waals surface area contributed by atoms with Gasteiger partial charge in [0.15, 0.2) is 0 Å². The molecule has 1 aliphatic heterocycles. The van der Waals surface area contributed by atoms with E-state index < -0.39 is 0 Å². The van der Waals surface area contributed by atoms with Crippen molar-refractivity contribution in [3.8, 4) is 6.07 Å². The molecule has 0 aromatic rings. The number of ether oxygens (including phenoxy) is 1. The van der Waals surface area contributed by atoms with E-state index in [1.54, 1.807) is 0 Å². The van der Waals surface area contributed by atoms with E-state index in [-0.39, 0.29) is 6.04 Å². The zero-order chi connectivity index (χ0) is 13.2. The molecule has 0 spiro atoms. The van der Waals surface area contributed by atoms with Crippen molar-refractivity contribution in [3.05, 3.63) is 0 Å². The number of nitrogens with zero attached hydrogens (tertiary/aromatic N) is 2. The molecular weight excluding hydrogens is 226 g/mol. The fraction of sp³-hybridized carbons (Fsp3) is 0.929. The highest BCUT2D eigenvalue weighted by Crippen LogP contribution is 2.14. The van der Waals surface area contributed by atoms with Crippen LogP contribution in [0.15, 0.2) is 0 Å². The third-order valence-corrected chi connectivity index (χ3v) is 3.47. The summed E-state index contributed by atoms with van der Waals surface area (Å²) in [6.45, 7) is 9.18. The van der Waals surface area contributed by atoms with Gasteiger partial charge >= 0.3 is 0 Å². The number of nitriles is 1. The van der Waals surface area contributed by atoms with Crippen molar-refractivity contribution < 1.29 is 4.74 Å². The van der Waals surface area contributed by atoms with Gasteiger partial charge in [-0.05, 0) is 39.2 Å². The summed E-state index contributed by atoms with van der Waals surface area (Å²) in [6.07, 6.45) is 4.73. The first-order valence-corrected chi connectivity index (χ1v) is 7.27. The summed E-state index contributed by atoms with van der Waals surface area (Å²) in [5.41, 5.74) is 0. The predicted molar refractivity (Wildman–Crippen MR) is 73.4 cm³/mol. The second kappa shape index (κ2) is 9.32. The number of hydrogen-bond acceptors (Lipinski definition) is 4. The number of nitrogens with one attached hydrogen (secondary N) is 1. The van der Waals surface area contributed by atoms with Crippen LogP contribution < -0.4 is 5.32 Å². The van der Waals surface area contributed by atoms with Gasteiger partial charge in [-0.15, -0.1) is 0 Å². The van der Waals surface area contributed by atoms with Gasteiger partial charge in [-0.2, -0.15) is 5.26 Å². The van der Waals surface area contributed by atoms with Crippen LogP contribution >= 0.6 is 0 Å². The Labute approximate surface area is 111 Å². The van der Waals surface area contributed by atoms with Crippen LogP contribution in [0.4, 0.5) is 0 Å². The molecule has 0 amide bonds. The van der Waals surface area contributed by atoms with E-state index in [1.807, 2.05) is 0 Å². The monoisotopic (exact) mass is 253 g/mol. The molecule has 1 heterocycles. The van der Waals surface area contributed by atoms with Crippen molar-refractivity contribution in [2.24, 2.45) is 0 Å². The third-order valence-electron chi connectivity index (χ3n) is 3.47. The summed E-state index contributed by atoms with van der Waals surface area (Å²) in [5, 5.41) is 12.3. The number of piperidine rings is 1. The molecule has 0 aromatic carbocycles. The third kappa shape index (κ3) is 5.81. The molecule has 4 nitrogen and oxygen atoms in total. The van der Waals surface area contributed by atoms with Crippen molar-refractivity contribution in [1.82, 2.24) is 10.2 Å². The summed E-state index contributed by atoms with van der Waals surface area (Å²) in [4.78, 5) is 2.45. The lowest BCUT2D eigenvalue weighted by atomic mass is 10.1. The smallest absolute Gasteiger partial charge is 0.0965 e. The average molecular weight is 253 g/mol. The van der Waals surface area contributed by atoms with Crippen molar-refractivity contribution in [2.75, 3.05) is 32.8 Å². The first-order chi connectivity index (χ1) is 8.80. The molecule has 0 aliphatic carbocycles. The molecule has 1 saturated heterocycles. The zero-order valence-electron chi connectivity index (χ0n) is 11.8. The van der Waals surface area contributed by atoms with Gasteiger partial charge in [0.2, 0.25) is 0 Å². The van der Waals surface area contributed by atoms with Crippen LogP contribution in [0.3, 0.4) is 0 Å². The van der Waals surface area contributed by atoms with E-state index in [9.17, 15) is 0 Å². The van der Waals surface area contributed by atoms with Crippen LogP contribution in [0.1, 0.15) is 39.5 Å². The van der Waals surface area contributed by atoms with Crippen molar-refractivity contribution >= 4 is 0 Å². The molecule has 1 aliphatic rings. The molecule has 0 bridgehead atoms. The second-order valence-corrected chi connectivity index (χ2v) is 4.92. The SMILES string of the molecule is CCCNC(C#N)CCN1CCC(OCC)CC1. The molecule has 0 saturated carbocycles. The lowest BCUT2D eigenvalue weighted by molar-refractivity contribution is 0.0138. The van der Waals surface area contributed by atoms with Gasteiger partial charge in [-0.1, -0.05) is 6.92 Å². The highest BCUT2D eigenvalue weighted by atomic mass is 16.5. The zero-order valence-corrected chi connectivity index (χ0v) is 11.8. The molecule has 0 radical (unpaired) electrons. The van der Waals surface area contributed by atoms with E-state index in [0.717, 1.165) is 58.5 Å². The quantitative estimate of drug-likeness (QED) is 0.716. The Morgan fingerprint density at radius 3 is 2.67 bits per heavy atom. The van der Waals surface area contributed by atoms with E-state index in [0.29, 0.717) is 6.10 Å². The fourth-order valence-corrected chi connectivity index (χ4v) is 2.38. The van der Waals surface area contributed by atoms with E-state index >= 15 is 0 Å². The Bertz CT molecular complexity index is 244. The van der Waals surface area contributed by atoms with Gasteiger partial charge in [-0.25, -0.2) is 0 Å². The fourth-order valence-electron chi connectivity index (χ4n) is 2.38. The molecule has 1 rings (SSSR count). The van der Waals surface area contributed by atoms with Crippen molar-refractivity contribution in [3.63, 3.8) is 0 Å². The molecule has 1 fully saturated rings. The minimum atomic E-state index is 0.00886. The van der Waals surface area contributed by atoms with Gasteiger partial charge in [0.25, 0.3) is 0 Å². The summed E-state index contributed by atoms with van der Waals surface area (Å²) < 4.78 is 5.64. The second-order valence-electron chi connectivity index (χ2n) is 4.92. The summed E-state index contributed by atoms with van der Waals surface area (Å²) in [5.74, 6) is 0. The Morgan fingerprint density at radius 2 is 2.11 bits per heavy atom. The molecule has 4 heteroatoms. The van der Waals surface area contributed by atoms with Gasteiger partial charge in [0, 0.05) is 26.2 Å². The van der Waals surface area contributed by atoms with Gasteiger partial charge in [0.05, 0.1) is 18.2 Å². The minimum Gasteiger partial charge on any atom is -0.378 e. The Balaban J connectivity index is 2.14. The first-order valence-electron chi connectivity index (χ1n) is 7.27. The molecular formula is C14H27N3O. The maximum absolute atomic E-state index is 9.04.